The molecule has 1 heterocycles. The third-order valence-electron chi connectivity index (χ3n) is 7.96. The first-order valence-corrected chi connectivity index (χ1v) is 17.7. The Morgan fingerprint density at radius 1 is 0.851 bits per heavy atom. The van der Waals surface area contributed by atoms with Crippen LogP contribution in [-0.4, -0.2) is 57.0 Å². The molecule has 0 saturated carbocycles. The molecule has 2 amide bonds. The van der Waals surface area contributed by atoms with Gasteiger partial charge >= 0.3 is 0 Å². The van der Waals surface area contributed by atoms with Crippen LogP contribution in [0.5, 0.6) is 11.5 Å². The molecule has 0 saturated heterocycles. The summed E-state index contributed by atoms with van der Waals surface area (Å²) in [4.78, 5) is 30.1. The molecular weight excluding hydrogens is 682 g/mol. The number of hydrogen-bond donors (Lipinski definition) is 1. The highest BCUT2D eigenvalue weighted by Gasteiger charge is 2.35. The van der Waals surface area contributed by atoms with E-state index in [0.29, 0.717) is 31.1 Å². The number of hydrogen-bond acceptors (Lipinski definition) is 6. The summed E-state index contributed by atoms with van der Waals surface area (Å²) in [5.41, 5.74) is 1.89. The third kappa shape index (κ3) is 8.52. The van der Waals surface area contributed by atoms with E-state index in [1.54, 1.807) is 36.4 Å². The van der Waals surface area contributed by atoms with Crippen molar-refractivity contribution in [3.8, 4) is 11.5 Å². The SMILES string of the molecule is CC[C@H](C)NC(=O)[C@@H](Cc1ccccc1)N(Cc1ccc(Br)cc1)C(=O)CN(c1ccc2c(c1)OCCO2)S(=O)(=O)c1ccccc1. The van der Waals surface area contributed by atoms with Crippen LogP contribution >= 0.6 is 15.9 Å². The lowest BCUT2D eigenvalue weighted by atomic mass is 10.0. The molecule has 0 aromatic heterocycles. The molecule has 0 unspecified atom stereocenters. The topological polar surface area (TPSA) is 105 Å². The molecule has 1 aliphatic heterocycles. The first kappa shape index (κ1) is 34.0. The summed E-state index contributed by atoms with van der Waals surface area (Å²) in [6.07, 6.45) is 0.943. The van der Waals surface area contributed by atoms with E-state index < -0.39 is 28.5 Å². The Labute approximate surface area is 284 Å². The largest absolute Gasteiger partial charge is 0.486 e. The van der Waals surface area contributed by atoms with Gasteiger partial charge in [0.2, 0.25) is 11.8 Å². The number of carbonyl (C=O) groups is 2. The number of carbonyl (C=O) groups excluding carboxylic acids is 2. The van der Waals surface area contributed by atoms with Gasteiger partial charge in [0.15, 0.2) is 11.5 Å². The van der Waals surface area contributed by atoms with E-state index in [4.69, 9.17) is 9.47 Å². The number of benzene rings is 4. The van der Waals surface area contributed by atoms with E-state index in [0.717, 1.165) is 19.9 Å². The second-order valence-electron chi connectivity index (χ2n) is 11.3. The average Bonchev–Trinajstić information content (AvgIpc) is 3.09. The fraction of sp³-hybridized carbons (Fsp3) is 0.278. The van der Waals surface area contributed by atoms with Crippen LogP contribution in [0, 0.1) is 0 Å². The summed E-state index contributed by atoms with van der Waals surface area (Å²) in [6.45, 7) is 4.10. The van der Waals surface area contributed by atoms with Gasteiger partial charge in [0, 0.05) is 29.5 Å². The Morgan fingerprint density at radius 3 is 2.15 bits per heavy atom. The molecule has 0 radical (unpaired) electrons. The van der Waals surface area contributed by atoms with Gasteiger partial charge < -0.3 is 19.7 Å². The summed E-state index contributed by atoms with van der Waals surface area (Å²) in [5.74, 6) is 0.0222. The quantitative estimate of drug-likeness (QED) is 0.183. The number of ether oxygens (including phenoxy) is 2. The van der Waals surface area contributed by atoms with Gasteiger partial charge in [-0.1, -0.05) is 83.5 Å². The Balaban J connectivity index is 1.58. The Bertz CT molecular complexity index is 1770. The highest BCUT2D eigenvalue weighted by molar-refractivity contribution is 9.10. The first-order chi connectivity index (χ1) is 22.7. The highest BCUT2D eigenvalue weighted by atomic mass is 79.9. The van der Waals surface area contributed by atoms with Crippen molar-refractivity contribution in [1.29, 1.82) is 0 Å². The standard InChI is InChI=1S/C36H38BrN3O6S/c1-3-26(2)38-36(42)32(22-27-10-6-4-7-11-27)39(24-28-14-16-29(37)17-15-28)35(41)25-40(47(43,44)31-12-8-5-9-13-31)30-18-19-33-34(23-30)46-21-20-45-33/h4-19,23,26,32H,3,20-22,24-25H2,1-2H3,(H,38,42)/t26-,32+/m0/s1. The zero-order valence-corrected chi connectivity index (χ0v) is 28.7. The van der Waals surface area contributed by atoms with E-state index in [1.807, 2.05) is 68.4 Å². The maximum atomic E-state index is 14.6. The van der Waals surface area contributed by atoms with Gasteiger partial charge in [0.05, 0.1) is 10.6 Å². The van der Waals surface area contributed by atoms with Crippen LogP contribution in [0.25, 0.3) is 0 Å². The maximum absolute atomic E-state index is 14.6. The molecule has 9 nitrogen and oxygen atoms in total. The predicted octanol–water partition coefficient (Wildman–Crippen LogP) is 5.97. The molecule has 2 atom stereocenters. The van der Waals surface area contributed by atoms with Crippen molar-refractivity contribution in [3.63, 3.8) is 0 Å². The van der Waals surface area contributed by atoms with Gasteiger partial charge in [-0.2, -0.15) is 0 Å². The second kappa shape index (κ2) is 15.5. The Hall–Kier alpha value is -4.35. The lowest BCUT2D eigenvalue weighted by Crippen LogP contribution is -2.54. The van der Waals surface area contributed by atoms with E-state index in [9.17, 15) is 18.0 Å². The predicted molar refractivity (Wildman–Crippen MR) is 185 cm³/mol. The highest BCUT2D eigenvalue weighted by Crippen LogP contribution is 2.36. The third-order valence-corrected chi connectivity index (χ3v) is 10.3. The summed E-state index contributed by atoms with van der Waals surface area (Å²) in [7, 11) is -4.23. The van der Waals surface area contributed by atoms with E-state index in [-0.39, 0.29) is 35.5 Å². The molecule has 0 aliphatic carbocycles. The first-order valence-electron chi connectivity index (χ1n) is 15.5. The number of nitrogens with one attached hydrogen (secondary N) is 1. The van der Waals surface area contributed by atoms with Crippen molar-refractivity contribution in [1.82, 2.24) is 10.2 Å². The van der Waals surface area contributed by atoms with Crippen LogP contribution in [0.1, 0.15) is 31.4 Å². The fourth-order valence-corrected chi connectivity index (χ4v) is 6.91. The molecule has 4 aromatic carbocycles. The number of halogens is 1. The Morgan fingerprint density at radius 2 is 1.49 bits per heavy atom. The number of sulfonamides is 1. The summed E-state index contributed by atoms with van der Waals surface area (Å²) in [6, 6.07) is 28.7. The van der Waals surface area contributed by atoms with E-state index >= 15 is 0 Å². The van der Waals surface area contributed by atoms with Gasteiger partial charge in [-0.3, -0.25) is 13.9 Å². The van der Waals surface area contributed by atoms with Gasteiger partial charge in [-0.05, 0) is 60.9 Å². The number of fused-ring (bicyclic) bond motifs is 1. The Kier molecular flexibility index (Phi) is 11.2. The minimum Gasteiger partial charge on any atom is -0.486 e. The molecule has 5 rings (SSSR count). The maximum Gasteiger partial charge on any atom is 0.264 e. The molecule has 0 fully saturated rings. The number of amides is 2. The van der Waals surface area contributed by atoms with Gasteiger partial charge in [-0.15, -0.1) is 0 Å². The van der Waals surface area contributed by atoms with Crippen LogP contribution in [0.4, 0.5) is 5.69 Å². The van der Waals surface area contributed by atoms with E-state index in [2.05, 4.69) is 21.2 Å². The minimum absolute atomic E-state index is 0.0255. The van der Waals surface area contributed by atoms with Crippen LogP contribution < -0.4 is 19.1 Å². The second-order valence-corrected chi connectivity index (χ2v) is 14.1. The molecular formula is C36H38BrN3O6S. The van der Waals surface area contributed by atoms with Crippen LogP contribution in [0.15, 0.2) is 112 Å². The smallest absolute Gasteiger partial charge is 0.264 e. The van der Waals surface area contributed by atoms with Crippen LogP contribution in [-0.2, 0) is 32.6 Å². The van der Waals surface area contributed by atoms with Crippen LogP contribution in [0.2, 0.25) is 0 Å². The molecule has 4 aromatic rings. The van der Waals surface area contributed by atoms with Gasteiger partial charge in [0.1, 0.15) is 25.8 Å². The lowest BCUT2D eigenvalue weighted by Gasteiger charge is -2.34. The van der Waals surface area contributed by atoms with Crippen LogP contribution in [0.3, 0.4) is 0 Å². The molecule has 11 heteroatoms. The number of nitrogens with zero attached hydrogens (tertiary/aromatic N) is 2. The molecule has 0 bridgehead atoms. The van der Waals surface area contributed by atoms with Crippen molar-refractivity contribution >= 4 is 43.5 Å². The zero-order chi connectivity index (χ0) is 33.4. The molecule has 0 spiro atoms. The lowest BCUT2D eigenvalue weighted by molar-refractivity contribution is -0.140. The fourth-order valence-electron chi connectivity index (χ4n) is 5.22. The zero-order valence-electron chi connectivity index (χ0n) is 26.3. The average molecular weight is 721 g/mol. The normalized spacial score (nSPS) is 13.7. The molecule has 1 aliphatic rings. The number of anilines is 1. The van der Waals surface area contributed by atoms with Gasteiger partial charge in [-0.25, -0.2) is 8.42 Å². The van der Waals surface area contributed by atoms with Crippen molar-refractivity contribution in [3.05, 3.63) is 119 Å². The van der Waals surface area contributed by atoms with Crippen molar-refractivity contribution in [2.75, 3.05) is 24.1 Å². The van der Waals surface area contributed by atoms with Crippen molar-refractivity contribution < 1.29 is 27.5 Å². The number of rotatable bonds is 13. The molecule has 47 heavy (non-hydrogen) atoms. The van der Waals surface area contributed by atoms with Gasteiger partial charge in [0.25, 0.3) is 10.0 Å². The molecule has 1 N–H and O–H groups in total. The summed E-state index contributed by atoms with van der Waals surface area (Å²) in [5, 5.41) is 3.05. The molecule has 246 valence electrons. The summed E-state index contributed by atoms with van der Waals surface area (Å²) >= 11 is 3.46. The minimum atomic E-state index is -4.23. The van der Waals surface area contributed by atoms with E-state index in [1.165, 1.54) is 17.0 Å². The summed E-state index contributed by atoms with van der Waals surface area (Å²) < 4.78 is 41.8. The van der Waals surface area contributed by atoms with Crippen molar-refractivity contribution in [2.24, 2.45) is 0 Å². The van der Waals surface area contributed by atoms with Crippen molar-refractivity contribution in [2.45, 2.75) is 50.2 Å². The monoisotopic (exact) mass is 719 g/mol.